The Labute approximate surface area is 156 Å². The third kappa shape index (κ3) is 3.62. The van der Waals surface area contributed by atoms with Crippen LogP contribution in [-0.4, -0.2) is 27.0 Å². The smallest absolute Gasteiger partial charge is 0.339 e. The minimum absolute atomic E-state index is 0.0669. The lowest BCUT2D eigenvalue weighted by atomic mass is 10.0. The molecule has 8 nitrogen and oxygen atoms in total. The number of nitro benzene ring substituents is 1. The monoisotopic (exact) mass is 384 g/mol. The number of non-ortho nitro benzene ring substituents is 1. The van der Waals surface area contributed by atoms with Crippen LogP contribution in [0.4, 0.5) is 10.7 Å². The maximum Gasteiger partial charge on any atom is 0.339 e. The molecule has 9 heteroatoms. The highest BCUT2D eigenvalue weighted by Gasteiger charge is 2.23. The van der Waals surface area contributed by atoms with Gasteiger partial charge in [-0.1, -0.05) is 30.3 Å². The number of anilines is 1. The number of carboxylic acid groups (broad SMARTS) is 1. The van der Waals surface area contributed by atoms with Crippen molar-refractivity contribution < 1.29 is 24.7 Å². The molecule has 27 heavy (non-hydrogen) atoms. The Balaban J connectivity index is 1.98. The summed E-state index contributed by atoms with van der Waals surface area (Å²) in [6.07, 6.45) is 0. The minimum Gasteiger partial charge on any atom is -0.507 e. The number of rotatable bonds is 5. The highest BCUT2D eigenvalue weighted by atomic mass is 32.1. The van der Waals surface area contributed by atoms with Gasteiger partial charge in [0.15, 0.2) is 0 Å². The van der Waals surface area contributed by atoms with Crippen molar-refractivity contribution in [1.82, 2.24) is 0 Å². The van der Waals surface area contributed by atoms with E-state index in [2.05, 4.69) is 5.32 Å². The number of nitro groups is 1. The molecule has 0 saturated carbocycles. The van der Waals surface area contributed by atoms with Crippen LogP contribution in [0.3, 0.4) is 0 Å². The zero-order valence-electron chi connectivity index (χ0n) is 13.6. The van der Waals surface area contributed by atoms with Crippen LogP contribution in [0.2, 0.25) is 0 Å². The zero-order chi connectivity index (χ0) is 19.6. The van der Waals surface area contributed by atoms with Crippen molar-refractivity contribution in [3.63, 3.8) is 0 Å². The molecule has 3 aromatic rings. The van der Waals surface area contributed by atoms with E-state index in [4.69, 9.17) is 0 Å². The van der Waals surface area contributed by atoms with Gasteiger partial charge < -0.3 is 15.5 Å². The van der Waals surface area contributed by atoms with Crippen LogP contribution in [0.5, 0.6) is 5.75 Å². The van der Waals surface area contributed by atoms with Crippen molar-refractivity contribution in [3.8, 4) is 16.9 Å². The van der Waals surface area contributed by atoms with Crippen molar-refractivity contribution in [2.24, 2.45) is 0 Å². The van der Waals surface area contributed by atoms with Gasteiger partial charge in [0, 0.05) is 23.1 Å². The van der Waals surface area contributed by atoms with Crippen LogP contribution in [0.15, 0.2) is 53.9 Å². The van der Waals surface area contributed by atoms with Gasteiger partial charge in [-0.15, -0.1) is 11.3 Å². The fourth-order valence-electron chi connectivity index (χ4n) is 2.48. The molecule has 0 radical (unpaired) electrons. The minimum atomic E-state index is -1.23. The average molecular weight is 384 g/mol. The van der Waals surface area contributed by atoms with Crippen molar-refractivity contribution in [3.05, 3.63) is 75.2 Å². The van der Waals surface area contributed by atoms with E-state index in [1.165, 1.54) is 0 Å². The maximum absolute atomic E-state index is 12.5. The number of phenols is 1. The first kappa shape index (κ1) is 18.1. The Bertz CT molecular complexity index is 1050. The van der Waals surface area contributed by atoms with Crippen LogP contribution in [0.1, 0.15) is 20.7 Å². The van der Waals surface area contributed by atoms with Gasteiger partial charge in [0.25, 0.3) is 11.6 Å². The van der Waals surface area contributed by atoms with Gasteiger partial charge in [0.2, 0.25) is 0 Å². The molecule has 1 amide bonds. The normalized spacial score (nSPS) is 10.4. The molecule has 0 atom stereocenters. The predicted molar refractivity (Wildman–Crippen MR) is 99.4 cm³/mol. The van der Waals surface area contributed by atoms with Gasteiger partial charge in [0.05, 0.1) is 10.5 Å². The lowest BCUT2D eigenvalue weighted by Gasteiger charge is -2.07. The summed E-state index contributed by atoms with van der Waals surface area (Å²) in [7, 11) is 0. The third-order valence-corrected chi connectivity index (χ3v) is 4.65. The Morgan fingerprint density at radius 1 is 1.11 bits per heavy atom. The number of nitrogens with zero attached hydrogens (tertiary/aromatic N) is 1. The van der Waals surface area contributed by atoms with Crippen LogP contribution >= 0.6 is 11.3 Å². The number of amides is 1. The molecule has 136 valence electrons. The predicted octanol–water partition coefficient (Wildman–Crippen LogP) is 3.98. The topological polar surface area (TPSA) is 130 Å². The lowest BCUT2D eigenvalue weighted by Crippen LogP contribution is -2.14. The number of phenolic OH excluding ortho intramolecular Hbond substituents is 1. The summed E-state index contributed by atoms with van der Waals surface area (Å²) in [5, 5.41) is 34.4. The molecule has 0 saturated heterocycles. The molecule has 0 fully saturated rings. The summed E-state index contributed by atoms with van der Waals surface area (Å²) in [4.78, 5) is 34.3. The second kappa shape index (κ2) is 7.26. The largest absolute Gasteiger partial charge is 0.507 e. The summed E-state index contributed by atoms with van der Waals surface area (Å²) in [5.41, 5.74) is 0.323. The summed E-state index contributed by atoms with van der Waals surface area (Å²) < 4.78 is 0. The Morgan fingerprint density at radius 2 is 1.81 bits per heavy atom. The van der Waals surface area contributed by atoms with Crippen molar-refractivity contribution in [2.75, 3.05) is 5.32 Å². The molecule has 1 heterocycles. The van der Waals surface area contributed by atoms with Gasteiger partial charge >= 0.3 is 5.97 Å². The highest BCUT2D eigenvalue weighted by Crippen LogP contribution is 2.36. The van der Waals surface area contributed by atoms with Gasteiger partial charge in [-0.2, -0.15) is 0 Å². The average Bonchev–Trinajstić information content (AvgIpc) is 3.06. The maximum atomic E-state index is 12.5. The number of hydrogen-bond donors (Lipinski definition) is 3. The highest BCUT2D eigenvalue weighted by molar-refractivity contribution is 7.15. The molecular weight excluding hydrogens is 372 g/mol. The quantitative estimate of drug-likeness (QED) is 0.451. The van der Waals surface area contributed by atoms with Gasteiger partial charge in [-0.05, 0) is 11.6 Å². The first-order chi connectivity index (χ1) is 12.9. The number of aromatic carboxylic acids is 1. The summed E-state index contributed by atoms with van der Waals surface area (Å²) >= 11 is 1.01. The van der Waals surface area contributed by atoms with Gasteiger partial charge in [-0.25, -0.2) is 4.79 Å². The molecule has 2 aromatic carbocycles. The molecule has 3 rings (SSSR count). The Kier molecular flexibility index (Phi) is 4.86. The number of nitrogens with one attached hydrogen (secondary N) is 1. The molecular formula is C18H12N2O6S. The summed E-state index contributed by atoms with van der Waals surface area (Å²) in [5.74, 6) is -2.52. The number of hydrogen-bond acceptors (Lipinski definition) is 6. The SMILES string of the molecule is O=C(Nc1scc(-c2ccccc2)c1C(=O)O)c1cc([N+](=O)[O-])ccc1O. The Hall–Kier alpha value is -3.72. The van der Waals surface area contributed by atoms with Crippen molar-refractivity contribution >= 4 is 33.9 Å². The van der Waals surface area contributed by atoms with Gasteiger partial charge in [-0.3, -0.25) is 14.9 Å². The van der Waals surface area contributed by atoms with E-state index in [9.17, 15) is 29.9 Å². The van der Waals surface area contributed by atoms with E-state index in [1.807, 2.05) is 0 Å². The van der Waals surface area contributed by atoms with Crippen LogP contribution in [0, 0.1) is 10.1 Å². The van der Waals surface area contributed by atoms with Gasteiger partial charge in [0.1, 0.15) is 16.3 Å². The van der Waals surface area contributed by atoms with Crippen LogP contribution < -0.4 is 5.32 Å². The third-order valence-electron chi connectivity index (χ3n) is 3.75. The molecule has 0 aliphatic carbocycles. The van der Waals surface area contributed by atoms with E-state index < -0.39 is 22.5 Å². The molecule has 1 aromatic heterocycles. The standard InChI is InChI=1S/C18H12N2O6S/c21-14-7-6-11(20(25)26)8-12(14)16(22)19-17-15(18(23)24)13(9-27-17)10-4-2-1-3-5-10/h1-9,21H,(H,19,22)(H,23,24). The number of thiophene rings is 1. The fourth-order valence-corrected chi connectivity index (χ4v) is 3.44. The first-order valence-electron chi connectivity index (χ1n) is 7.57. The number of benzene rings is 2. The number of carboxylic acids is 1. The van der Waals surface area contributed by atoms with E-state index >= 15 is 0 Å². The van der Waals surface area contributed by atoms with Crippen LogP contribution in [-0.2, 0) is 0 Å². The molecule has 0 bridgehead atoms. The molecule has 0 aliphatic heterocycles. The van der Waals surface area contributed by atoms with Crippen LogP contribution in [0.25, 0.3) is 11.1 Å². The fraction of sp³-hybridized carbons (Fsp3) is 0. The lowest BCUT2D eigenvalue weighted by molar-refractivity contribution is -0.384. The molecule has 0 spiro atoms. The Morgan fingerprint density at radius 3 is 2.44 bits per heavy atom. The number of carbonyl (C=O) groups is 2. The zero-order valence-corrected chi connectivity index (χ0v) is 14.4. The molecule has 0 unspecified atom stereocenters. The second-order valence-electron chi connectivity index (χ2n) is 5.44. The summed E-state index contributed by atoms with van der Waals surface area (Å²) in [6, 6.07) is 11.8. The van der Waals surface area contributed by atoms with Crippen molar-refractivity contribution in [2.45, 2.75) is 0 Å². The van der Waals surface area contributed by atoms with E-state index in [-0.39, 0.29) is 21.8 Å². The van der Waals surface area contributed by atoms with E-state index in [0.717, 1.165) is 29.5 Å². The molecule has 0 aliphatic rings. The number of aromatic hydroxyl groups is 1. The number of carbonyl (C=O) groups excluding carboxylic acids is 1. The first-order valence-corrected chi connectivity index (χ1v) is 8.45. The molecule has 3 N–H and O–H groups in total. The summed E-state index contributed by atoms with van der Waals surface area (Å²) in [6.45, 7) is 0. The van der Waals surface area contributed by atoms with E-state index in [0.29, 0.717) is 11.1 Å². The second-order valence-corrected chi connectivity index (χ2v) is 6.32. The van der Waals surface area contributed by atoms with E-state index in [1.54, 1.807) is 35.7 Å². The van der Waals surface area contributed by atoms with Crippen molar-refractivity contribution in [1.29, 1.82) is 0 Å².